The average molecular weight is 175 g/mol. The fourth-order valence-corrected chi connectivity index (χ4v) is 2.96. The summed E-state index contributed by atoms with van der Waals surface area (Å²) in [5.41, 5.74) is 0. The number of rotatable bonds is 2. The van der Waals surface area contributed by atoms with Crippen molar-refractivity contribution in [2.45, 2.75) is 37.8 Å². The maximum Gasteiger partial charge on any atom is 0.0139 e. The molecule has 0 aromatic carbocycles. The van der Waals surface area contributed by atoms with Crippen molar-refractivity contribution in [1.29, 1.82) is 0 Å². The van der Waals surface area contributed by atoms with E-state index >= 15 is 0 Å². The Bertz CT molecular complexity index is 246. The minimum atomic E-state index is 0.750. The van der Waals surface area contributed by atoms with E-state index in [1.54, 1.807) is 0 Å². The largest absolute Gasteiger partial charge is 0.310 e. The maximum absolute atomic E-state index is 3.77. The fourth-order valence-electron chi connectivity index (χ4n) is 2.96. The van der Waals surface area contributed by atoms with Gasteiger partial charge in [-0.05, 0) is 37.5 Å². The normalized spacial score (nSPS) is 42.3. The summed E-state index contributed by atoms with van der Waals surface area (Å²) in [5.74, 6) is 1.87. The zero-order chi connectivity index (χ0) is 8.67. The third-order valence-corrected chi connectivity index (χ3v) is 3.82. The molecule has 0 spiro atoms. The number of fused-ring (bicyclic) bond motifs is 1. The van der Waals surface area contributed by atoms with E-state index in [0.717, 1.165) is 23.9 Å². The highest BCUT2D eigenvalue weighted by Crippen LogP contribution is 2.43. The summed E-state index contributed by atoms with van der Waals surface area (Å²) in [4.78, 5) is 0. The van der Waals surface area contributed by atoms with E-state index < -0.39 is 0 Å². The van der Waals surface area contributed by atoms with E-state index in [9.17, 15) is 0 Å². The van der Waals surface area contributed by atoms with Gasteiger partial charge in [-0.2, -0.15) is 0 Å². The Hall–Kier alpha value is -0.560. The van der Waals surface area contributed by atoms with Gasteiger partial charge < -0.3 is 5.32 Å². The minimum absolute atomic E-state index is 0.750. The van der Waals surface area contributed by atoms with Crippen LogP contribution in [-0.4, -0.2) is 12.1 Å². The molecule has 3 aliphatic carbocycles. The first-order valence-corrected chi connectivity index (χ1v) is 5.51. The summed E-state index contributed by atoms with van der Waals surface area (Å²) < 4.78 is 0. The summed E-state index contributed by atoms with van der Waals surface area (Å²) in [6.45, 7) is 0. The monoisotopic (exact) mass is 175 g/mol. The number of hydrogen-bond acceptors (Lipinski definition) is 1. The molecule has 0 bridgehead atoms. The number of allylic oxidation sites excluding steroid dienone is 1. The second kappa shape index (κ2) is 2.98. The van der Waals surface area contributed by atoms with Crippen LogP contribution in [0.1, 0.15) is 25.7 Å². The second-order valence-corrected chi connectivity index (χ2v) is 4.65. The van der Waals surface area contributed by atoms with Gasteiger partial charge >= 0.3 is 0 Å². The summed E-state index contributed by atoms with van der Waals surface area (Å²) in [7, 11) is 0. The highest BCUT2D eigenvalue weighted by molar-refractivity contribution is 5.14. The minimum Gasteiger partial charge on any atom is -0.310 e. The van der Waals surface area contributed by atoms with Gasteiger partial charge in [0.15, 0.2) is 0 Å². The van der Waals surface area contributed by atoms with Gasteiger partial charge in [-0.3, -0.25) is 0 Å². The van der Waals surface area contributed by atoms with Gasteiger partial charge in [0.05, 0.1) is 0 Å². The molecule has 1 N–H and O–H groups in total. The molecule has 0 aromatic rings. The molecule has 1 saturated carbocycles. The van der Waals surface area contributed by atoms with Crippen molar-refractivity contribution in [2.75, 3.05) is 0 Å². The number of hydrogen-bond donors (Lipinski definition) is 1. The highest BCUT2D eigenvalue weighted by atomic mass is 15.0. The van der Waals surface area contributed by atoms with Crippen molar-refractivity contribution in [1.82, 2.24) is 5.32 Å². The van der Waals surface area contributed by atoms with Gasteiger partial charge in [-0.1, -0.05) is 24.3 Å². The summed E-state index contributed by atoms with van der Waals surface area (Å²) >= 11 is 0. The lowest BCUT2D eigenvalue weighted by atomic mass is 9.71. The van der Waals surface area contributed by atoms with E-state index in [0.29, 0.717) is 0 Å². The smallest absolute Gasteiger partial charge is 0.0139 e. The Morgan fingerprint density at radius 1 is 1.00 bits per heavy atom. The Kier molecular flexibility index (Phi) is 1.79. The van der Waals surface area contributed by atoms with E-state index in [1.807, 2.05) is 0 Å². The molecule has 3 aliphatic rings. The highest BCUT2D eigenvalue weighted by Gasteiger charge is 2.41. The lowest BCUT2D eigenvalue weighted by Crippen LogP contribution is -2.51. The SMILES string of the molecule is C1=CCC(NC2CC3CC=CC32)C1. The standard InChI is InChI=1S/C12H17N/c1-2-6-10(5-1)13-12-8-9-4-3-7-11(9)12/h1-3,7,9-13H,4-6,8H2. The zero-order valence-electron chi connectivity index (χ0n) is 7.95. The quantitative estimate of drug-likeness (QED) is 0.635. The van der Waals surface area contributed by atoms with Crippen LogP contribution in [0.15, 0.2) is 24.3 Å². The molecule has 0 saturated heterocycles. The molecule has 1 heteroatoms. The van der Waals surface area contributed by atoms with Gasteiger partial charge in [-0.25, -0.2) is 0 Å². The Morgan fingerprint density at radius 2 is 1.85 bits per heavy atom. The van der Waals surface area contributed by atoms with Crippen LogP contribution in [0, 0.1) is 11.8 Å². The maximum atomic E-state index is 3.77. The number of nitrogens with one attached hydrogen (secondary N) is 1. The van der Waals surface area contributed by atoms with Crippen LogP contribution in [-0.2, 0) is 0 Å². The molecule has 70 valence electrons. The van der Waals surface area contributed by atoms with Crippen LogP contribution in [0.4, 0.5) is 0 Å². The Morgan fingerprint density at radius 3 is 2.62 bits per heavy atom. The van der Waals surface area contributed by atoms with Crippen molar-refractivity contribution < 1.29 is 0 Å². The first kappa shape index (κ1) is 7.81. The molecule has 0 aromatic heterocycles. The van der Waals surface area contributed by atoms with Crippen molar-refractivity contribution in [3.63, 3.8) is 0 Å². The predicted molar refractivity (Wildman–Crippen MR) is 54.4 cm³/mol. The van der Waals surface area contributed by atoms with Crippen LogP contribution < -0.4 is 5.32 Å². The molecule has 0 radical (unpaired) electrons. The molecular formula is C12H17N. The molecule has 0 amide bonds. The van der Waals surface area contributed by atoms with E-state index in [2.05, 4.69) is 29.6 Å². The van der Waals surface area contributed by atoms with Crippen molar-refractivity contribution in [3.05, 3.63) is 24.3 Å². The van der Waals surface area contributed by atoms with Gasteiger partial charge in [0.25, 0.3) is 0 Å². The Balaban J connectivity index is 1.54. The van der Waals surface area contributed by atoms with Crippen molar-refractivity contribution >= 4 is 0 Å². The van der Waals surface area contributed by atoms with Crippen LogP contribution >= 0.6 is 0 Å². The summed E-state index contributed by atoms with van der Waals surface area (Å²) in [6.07, 6.45) is 14.6. The van der Waals surface area contributed by atoms with Crippen LogP contribution in [0.3, 0.4) is 0 Å². The molecule has 3 rings (SSSR count). The van der Waals surface area contributed by atoms with Gasteiger partial charge in [0.1, 0.15) is 0 Å². The van der Waals surface area contributed by atoms with Crippen molar-refractivity contribution in [3.8, 4) is 0 Å². The molecule has 13 heavy (non-hydrogen) atoms. The molecule has 3 atom stereocenters. The van der Waals surface area contributed by atoms with Crippen molar-refractivity contribution in [2.24, 2.45) is 11.8 Å². The predicted octanol–water partition coefficient (Wildman–Crippen LogP) is 2.26. The fraction of sp³-hybridized carbons (Fsp3) is 0.667. The van der Waals surface area contributed by atoms with E-state index in [-0.39, 0.29) is 0 Å². The molecule has 0 heterocycles. The third kappa shape index (κ3) is 1.26. The van der Waals surface area contributed by atoms with Gasteiger partial charge in [0.2, 0.25) is 0 Å². The van der Waals surface area contributed by atoms with Gasteiger partial charge in [-0.15, -0.1) is 0 Å². The Labute approximate surface area is 79.9 Å². The molecule has 1 fully saturated rings. The summed E-state index contributed by atoms with van der Waals surface area (Å²) in [5, 5.41) is 3.77. The third-order valence-electron chi connectivity index (χ3n) is 3.82. The topological polar surface area (TPSA) is 12.0 Å². The molecule has 1 nitrogen and oxygen atoms in total. The first-order chi connectivity index (χ1) is 6.43. The van der Waals surface area contributed by atoms with Crippen LogP contribution in [0.2, 0.25) is 0 Å². The first-order valence-electron chi connectivity index (χ1n) is 5.51. The average Bonchev–Trinajstić information content (AvgIpc) is 2.69. The lowest BCUT2D eigenvalue weighted by molar-refractivity contribution is 0.151. The molecule has 3 unspecified atom stereocenters. The second-order valence-electron chi connectivity index (χ2n) is 4.65. The van der Waals surface area contributed by atoms with E-state index in [1.165, 1.54) is 25.7 Å². The summed E-state index contributed by atoms with van der Waals surface area (Å²) in [6, 6.07) is 1.55. The zero-order valence-corrected chi connectivity index (χ0v) is 7.95. The molecule has 0 aliphatic heterocycles. The van der Waals surface area contributed by atoms with Crippen LogP contribution in [0.25, 0.3) is 0 Å². The van der Waals surface area contributed by atoms with E-state index in [4.69, 9.17) is 0 Å². The molecular weight excluding hydrogens is 158 g/mol. The van der Waals surface area contributed by atoms with Gasteiger partial charge in [0, 0.05) is 12.1 Å². The lowest BCUT2D eigenvalue weighted by Gasteiger charge is -2.42. The van der Waals surface area contributed by atoms with Crippen LogP contribution in [0.5, 0.6) is 0 Å².